The first-order valence-corrected chi connectivity index (χ1v) is 10.8. The molecule has 0 saturated heterocycles. The fraction of sp³-hybridized carbons (Fsp3) is 0.120. The van der Waals surface area contributed by atoms with Gasteiger partial charge in [0, 0.05) is 27.3 Å². The smallest absolute Gasteiger partial charge is 0.326 e. The van der Waals surface area contributed by atoms with E-state index in [2.05, 4.69) is 51.9 Å². The summed E-state index contributed by atoms with van der Waals surface area (Å²) in [7, 11) is 0. The van der Waals surface area contributed by atoms with Crippen molar-refractivity contribution in [3.63, 3.8) is 0 Å². The molecular weight excluding hydrogens is 438 g/mol. The number of nitrogens with zero attached hydrogens (tertiary/aromatic N) is 2. The van der Waals surface area contributed by atoms with Crippen molar-refractivity contribution in [1.82, 2.24) is 15.3 Å². The molecule has 3 aromatic carbocycles. The van der Waals surface area contributed by atoms with Gasteiger partial charge in [-0.3, -0.25) is 10.1 Å². The average Bonchev–Trinajstić information content (AvgIpc) is 2.79. The molecule has 0 aliphatic carbocycles. The molecule has 4 aromatic rings. The number of anilines is 3. The van der Waals surface area contributed by atoms with Gasteiger partial charge >= 0.3 is 6.03 Å². The second-order valence-electron chi connectivity index (χ2n) is 7.77. The Bertz CT molecular complexity index is 1320. The zero-order valence-electron chi connectivity index (χ0n) is 18.1. The third-order valence-corrected chi connectivity index (χ3v) is 5.30. The number of carbonyl (C=O) groups is 2. The van der Waals surface area contributed by atoms with E-state index in [4.69, 9.17) is 11.6 Å². The standard InChI is InChI=1S/C25H22ClN5O2/c1-15(2)17-4-3-5-19(12-17)29-23-21-11-10-20(13-22(21)27-14-28-23)30-25(33)31-24(32)16-6-8-18(26)9-7-16/h3-15H,1-2H3,(H,27,28,29)(H2,30,31,32,33). The van der Waals surface area contributed by atoms with Gasteiger partial charge in [-0.15, -0.1) is 0 Å². The minimum absolute atomic E-state index is 0.332. The highest BCUT2D eigenvalue weighted by Gasteiger charge is 2.12. The van der Waals surface area contributed by atoms with E-state index in [1.807, 2.05) is 18.2 Å². The Morgan fingerprint density at radius 1 is 0.909 bits per heavy atom. The van der Waals surface area contributed by atoms with Crippen molar-refractivity contribution >= 4 is 51.6 Å². The van der Waals surface area contributed by atoms with Gasteiger partial charge in [0.15, 0.2) is 0 Å². The molecule has 1 aromatic heterocycles. The van der Waals surface area contributed by atoms with E-state index in [-0.39, 0.29) is 0 Å². The minimum atomic E-state index is -0.646. The van der Waals surface area contributed by atoms with E-state index in [1.54, 1.807) is 36.4 Å². The fourth-order valence-electron chi connectivity index (χ4n) is 3.29. The first-order chi connectivity index (χ1) is 15.9. The van der Waals surface area contributed by atoms with E-state index < -0.39 is 11.9 Å². The number of hydrogen-bond donors (Lipinski definition) is 3. The van der Waals surface area contributed by atoms with E-state index in [1.165, 1.54) is 11.9 Å². The van der Waals surface area contributed by atoms with Crippen LogP contribution in [0.15, 0.2) is 73.1 Å². The van der Waals surface area contributed by atoms with E-state index in [0.29, 0.717) is 33.5 Å². The van der Waals surface area contributed by atoms with Crippen LogP contribution >= 0.6 is 11.6 Å². The molecule has 0 atom stereocenters. The summed E-state index contributed by atoms with van der Waals surface area (Å²) in [4.78, 5) is 33.2. The van der Waals surface area contributed by atoms with Crippen LogP contribution in [0.3, 0.4) is 0 Å². The molecule has 4 rings (SSSR count). The second kappa shape index (κ2) is 9.67. The Morgan fingerprint density at radius 3 is 2.45 bits per heavy atom. The topological polar surface area (TPSA) is 96.0 Å². The quantitative estimate of drug-likeness (QED) is 0.334. The zero-order chi connectivity index (χ0) is 23.4. The summed E-state index contributed by atoms with van der Waals surface area (Å²) in [6.45, 7) is 4.29. The number of urea groups is 1. The average molecular weight is 460 g/mol. The number of hydrogen-bond acceptors (Lipinski definition) is 5. The van der Waals surface area contributed by atoms with Crippen LogP contribution < -0.4 is 16.0 Å². The zero-order valence-corrected chi connectivity index (χ0v) is 18.9. The Balaban J connectivity index is 1.48. The maximum absolute atomic E-state index is 12.3. The van der Waals surface area contributed by atoms with E-state index in [9.17, 15) is 9.59 Å². The van der Waals surface area contributed by atoms with Gasteiger partial charge < -0.3 is 10.6 Å². The normalized spacial score (nSPS) is 10.8. The summed E-state index contributed by atoms with van der Waals surface area (Å²) in [6.07, 6.45) is 1.46. The molecule has 0 unspecified atom stereocenters. The number of amides is 3. The summed E-state index contributed by atoms with van der Waals surface area (Å²) < 4.78 is 0. The van der Waals surface area contributed by atoms with E-state index >= 15 is 0 Å². The number of nitrogens with one attached hydrogen (secondary N) is 3. The lowest BCUT2D eigenvalue weighted by Gasteiger charge is -2.12. The third-order valence-electron chi connectivity index (χ3n) is 5.04. The van der Waals surface area contributed by atoms with Crippen molar-refractivity contribution in [1.29, 1.82) is 0 Å². The van der Waals surface area contributed by atoms with Crippen molar-refractivity contribution in [3.8, 4) is 0 Å². The van der Waals surface area contributed by atoms with Crippen LogP contribution in [0.1, 0.15) is 35.7 Å². The molecule has 3 N–H and O–H groups in total. The Hall–Kier alpha value is -3.97. The van der Waals surface area contributed by atoms with Crippen molar-refractivity contribution in [2.75, 3.05) is 10.6 Å². The predicted octanol–water partition coefficient (Wildman–Crippen LogP) is 6.11. The molecule has 0 spiro atoms. The molecule has 7 nitrogen and oxygen atoms in total. The number of aromatic nitrogens is 2. The lowest BCUT2D eigenvalue weighted by molar-refractivity contribution is 0.0967. The molecule has 0 fully saturated rings. The van der Waals surface area contributed by atoms with Crippen LogP contribution in [0.2, 0.25) is 5.02 Å². The van der Waals surface area contributed by atoms with Gasteiger partial charge in [-0.2, -0.15) is 0 Å². The van der Waals surface area contributed by atoms with Crippen LogP contribution in [-0.4, -0.2) is 21.9 Å². The molecule has 1 heterocycles. The Morgan fingerprint density at radius 2 is 1.70 bits per heavy atom. The first kappa shape index (κ1) is 22.2. The summed E-state index contributed by atoms with van der Waals surface area (Å²) in [5, 5.41) is 9.61. The number of rotatable bonds is 5. The van der Waals surface area contributed by atoms with Crippen LogP contribution in [0.25, 0.3) is 10.9 Å². The number of halogens is 1. The summed E-state index contributed by atoms with van der Waals surface area (Å²) in [5.74, 6) is 0.553. The fourth-order valence-corrected chi connectivity index (χ4v) is 3.41. The highest BCUT2D eigenvalue weighted by atomic mass is 35.5. The van der Waals surface area contributed by atoms with Crippen LogP contribution in [-0.2, 0) is 0 Å². The van der Waals surface area contributed by atoms with Crippen LogP contribution in [0.5, 0.6) is 0 Å². The third kappa shape index (κ3) is 5.45. The minimum Gasteiger partial charge on any atom is -0.340 e. The number of fused-ring (bicyclic) bond motifs is 1. The Labute approximate surface area is 196 Å². The van der Waals surface area contributed by atoms with Gasteiger partial charge in [-0.1, -0.05) is 37.6 Å². The van der Waals surface area contributed by atoms with Gasteiger partial charge in [0.2, 0.25) is 0 Å². The second-order valence-corrected chi connectivity index (χ2v) is 8.21. The van der Waals surface area contributed by atoms with Crippen molar-refractivity contribution in [2.45, 2.75) is 19.8 Å². The summed E-state index contributed by atoms with van der Waals surface area (Å²) in [5.41, 5.74) is 3.63. The maximum atomic E-state index is 12.3. The molecule has 0 aliphatic rings. The summed E-state index contributed by atoms with van der Waals surface area (Å²) in [6, 6.07) is 19.1. The van der Waals surface area contributed by atoms with Gasteiger partial charge in [0.25, 0.3) is 5.91 Å². The molecule has 8 heteroatoms. The van der Waals surface area contributed by atoms with Gasteiger partial charge in [-0.05, 0) is 66.1 Å². The molecule has 0 aliphatic heterocycles. The SMILES string of the molecule is CC(C)c1cccc(Nc2ncnc3cc(NC(=O)NC(=O)c4ccc(Cl)cc4)ccc23)c1. The molecule has 3 amide bonds. The highest BCUT2D eigenvalue weighted by Crippen LogP contribution is 2.27. The van der Waals surface area contributed by atoms with Crippen LogP contribution in [0.4, 0.5) is 22.0 Å². The largest absolute Gasteiger partial charge is 0.340 e. The lowest BCUT2D eigenvalue weighted by Crippen LogP contribution is -2.34. The molecule has 0 bridgehead atoms. The van der Waals surface area contributed by atoms with E-state index in [0.717, 1.165) is 11.1 Å². The van der Waals surface area contributed by atoms with Gasteiger partial charge in [-0.25, -0.2) is 14.8 Å². The van der Waals surface area contributed by atoms with Crippen molar-refractivity contribution in [2.24, 2.45) is 0 Å². The Kier molecular flexibility index (Phi) is 6.51. The number of benzene rings is 3. The lowest BCUT2D eigenvalue weighted by atomic mass is 10.0. The monoisotopic (exact) mass is 459 g/mol. The molecule has 0 saturated carbocycles. The molecule has 166 valence electrons. The van der Waals surface area contributed by atoms with Gasteiger partial charge in [0.05, 0.1) is 5.52 Å². The van der Waals surface area contributed by atoms with Crippen LogP contribution in [0, 0.1) is 0 Å². The maximum Gasteiger partial charge on any atom is 0.326 e. The van der Waals surface area contributed by atoms with Gasteiger partial charge in [0.1, 0.15) is 12.1 Å². The van der Waals surface area contributed by atoms with Crippen molar-refractivity contribution in [3.05, 3.63) is 89.2 Å². The predicted molar refractivity (Wildman–Crippen MR) is 131 cm³/mol. The first-order valence-electron chi connectivity index (χ1n) is 10.4. The molecule has 33 heavy (non-hydrogen) atoms. The number of imide groups is 1. The number of carbonyl (C=O) groups excluding carboxylic acids is 2. The molecule has 0 radical (unpaired) electrons. The summed E-state index contributed by atoms with van der Waals surface area (Å²) >= 11 is 5.83. The highest BCUT2D eigenvalue weighted by molar-refractivity contribution is 6.30. The van der Waals surface area contributed by atoms with Crippen molar-refractivity contribution < 1.29 is 9.59 Å². The molecular formula is C25H22ClN5O2.